The van der Waals surface area contributed by atoms with Crippen molar-refractivity contribution in [3.05, 3.63) is 59.7 Å². The van der Waals surface area contributed by atoms with Crippen LogP contribution in [0.15, 0.2) is 48.5 Å². The minimum absolute atomic E-state index is 0.00161. The van der Waals surface area contributed by atoms with Crippen molar-refractivity contribution >= 4 is 18.0 Å². The first kappa shape index (κ1) is 21.5. The highest BCUT2D eigenvalue weighted by atomic mass is 16.5. The van der Waals surface area contributed by atoms with Crippen molar-refractivity contribution in [1.82, 2.24) is 10.2 Å². The van der Waals surface area contributed by atoms with Crippen LogP contribution in [0.5, 0.6) is 0 Å². The summed E-state index contributed by atoms with van der Waals surface area (Å²) in [4.78, 5) is 38.2. The second kappa shape index (κ2) is 8.21. The quantitative estimate of drug-likeness (QED) is 0.674. The molecule has 0 bridgehead atoms. The standard InChI is InChI=1S/C26H28N2O5/c1-28(26(24(30)31)11-6-12-26)23(29)21-13-16(21)14-27-25(32)33-15-22-19-9-4-2-7-17(19)18-8-3-5-10-20(18)22/h2-5,7-10,16,21-22H,6,11-15H2,1H3,(H,27,32)(H,30,31)/t16-,21-/m1/s1. The molecule has 7 nitrogen and oxygen atoms in total. The van der Waals surface area contributed by atoms with Gasteiger partial charge in [0.15, 0.2) is 0 Å². The van der Waals surface area contributed by atoms with E-state index in [-0.39, 0.29) is 30.3 Å². The fourth-order valence-electron chi connectivity index (χ4n) is 5.30. The van der Waals surface area contributed by atoms with Crippen LogP contribution in [0, 0.1) is 11.8 Å². The van der Waals surface area contributed by atoms with Gasteiger partial charge in [0.25, 0.3) is 0 Å². The summed E-state index contributed by atoms with van der Waals surface area (Å²) in [7, 11) is 1.59. The van der Waals surface area contributed by atoms with Crippen molar-refractivity contribution in [2.45, 2.75) is 37.1 Å². The van der Waals surface area contributed by atoms with E-state index in [1.165, 1.54) is 16.0 Å². The Hall–Kier alpha value is -3.35. The van der Waals surface area contributed by atoms with Gasteiger partial charge in [0.2, 0.25) is 5.91 Å². The smallest absolute Gasteiger partial charge is 0.407 e. The average Bonchev–Trinajstić information content (AvgIpc) is 3.49. The highest BCUT2D eigenvalue weighted by molar-refractivity contribution is 5.90. The van der Waals surface area contributed by atoms with Gasteiger partial charge in [0.1, 0.15) is 12.1 Å². The van der Waals surface area contributed by atoms with E-state index in [4.69, 9.17) is 4.74 Å². The van der Waals surface area contributed by atoms with Crippen LogP contribution in [0.3, 0.4) is 0 Å². The predicted octanol–water partition coefficient (Wildman–Crippen LogP) is 3.63. The number of carboxylic acids is 1. The number of carbonyl (C=O) groups excluding carboxylic acids is 2. The normalized spacial score (nSPS) is 21.8. The highest BCUT2D eigenvalue weighted by Crippen LogP contribution is 2.45. The summed E-state index contributed by atoms with van der Waals surface area (Å²) in [6, 6.07) is 16.4. The summed E-state index contributed by atoms with van der Waals surface area (Å²) in [5.41, 5.74) is 3.62. The minimum atomic E-state index is -1.05. The largest absolute Gasteiger partial charge is 0.479 e. The number of nitrogens with zero attached hydrogens (tertiary/aromatic N) is 1. The van der Waals surface area contributed by atoms with E-state index in [0.29, 0.717) is 25.8 Å². The van der Waals surface area contributed by atoms with Gasteiger partial charge in [-0.25, -0.2) is 9.59 Å². The first-order valence-electron chi connectivity index (χ1n) is 11.5. The molecule has 0 radical (unpaired) electrons. The highest BCUT2D eigenvalue weighted by Gasteiger charge is 2.54. The maximum absolute atomic E-state index is 12.8. The van der Waals surface area contributed by atoms with E-state index < -0.39 is 17.6 Å². The fraction of sp³-hybridized carbons (Fsp3) is 0.423. The van der Waals surface area contributed by atoms with Crippen molar-refractivity contribution in [1.29, 1.82) is 0 Å². The van der Waals surface area contributed by atoms with Crippen LogP contribution in [0.25, 0.3) is 11.1 Å². The summed E-state index contributed by atoms with van der Waals surface area (Å²) in [5.74, 6) is -1.29. The molecule has 2 saturated carbocycles. The number of likely N-dealkylation sites (N-methyl/N-ethyl adjacent to an activating group) is 1. The van der Waals surface area contributed by atoms with Gasteiger partial charge >= 0.3 is 12.1 Å². The lowest BCUT2D eigenvalue weighted by Crippen LogP contribution is -2.60. The van der Waals surface area contributed by atoms with Gasteiger partial charge in [-0.15, -0.1) is 0 Å². The molecule has 2 atom stereocenters. The fourth-order valence-corrected chi connectivity index (χ4v) is 5.30. The molecule has 0 aromatic heterocycles. The Balaban J connectivity index is 1.12. The number of alkyl carbamates (subject to hydrolysis) is 1. The number of ether oxygens (including phenoxy) is 1. The number of carbonyl (C=O) groups is 3. The lowest BCUT2D eigenvalue weighted by molar-refractivity contribution is -0.164. The third-order valence-electron chi connectivity index (χ3n) is 7.64. The van der Waals surface area contributed by atoms with Crippen LogP contribution in [0.1, 0.15) is 42.7 Å². The second-order valence-electron chi connectivity index (χ2n) is 9.40. The lowest BCUT2D eigenvalue weighted by atomic mass is 9.75. The van der Waals surface area contributed by atoms with Gasteiger partial charge in [-0.1, -0.05) is 48.5 Å². The van der Waals surface area contributed by atoms with E-state index in [1.54, 1.807) is 7.05 Å². The van der Waals surface area contributed by atoms with Crippen molar-refractivity contribution < 1.29 is 24.2 Å². The molecule has 0 heterocycles. The Labute approximate surface area is 192 Å². The number of benzene rings is 2. The number of nitrogens with one attached hydrogen (secondary N) is 1. The van der Waals surface area contributed by atoms with Gasteiger partial charge in [-0.2, -0.15) is 0 Å². The van der Waals surface area contributed by atoms with Gasteiger partial charge in [0, 0.05) is 25.4 Å². The molecule has 7 heteroatoms. The maximum atomic E-state index is 12.8. The van der Waals surface area contributed by atoms with Crippen molar-refractivity contribution in [2.75, 3.05) is 20.2 Å². The Morgan fingerprint density at radius 2 is 1.67 bits per heavy atom. The Morgan fingerprint density at radius 1 is 1.06 bits per heavy atom. The van der Waals surface area contributed by atoms with Gasteiger partial charge in [-0.3, -0.25) is 4.79 Å². The number of hydrogen-bond donors (Lipinski definition) is 2. The first-order valence-corrected chi connectivity index (χ1v) is 11.5. The zero-order chi connectivity index (χ0) is 23.2. The molecule has 2 N–H and O–H groups in total. The van der Waals surface area contributed by atoms with E-state index >= 15 is 0 Å². The summed E-state index contributed by atoms with van der Waals surface area (Å²) in [6.07, 6.45) is 1.98. The third-order valence-corrected chi connectivity index (χ3v) is 7.64. The van der Waals surface area contributed by atoms with Crippen LogP contribution in [0.4, 0.5) is 4.79 Å². The van der Waals surface area contributed by atoms with Crippen LogP contribution in [0.2, 0.25) is 0 Å². The zero-order valence-electron chi connectivity index (χ0n) is 18.6. The molecule has 3 aliphatic rings. The second-order valence-corrected chi connectivity index (χ2v) is 9.40. The summed E-state index contributed by atoms with van der Waals surface area (Å²) in [6.45, 7) is 0.595. The molecule has 5 rings (SSSR count). The van der Waals surface area contributed by atoms with Crippen molar-refractivity contribution in [3.63, 3.8) is 0 Å². The SMILES string of the molecule is CN(C(=O)[C@@H]1C[C@@H]1CNC(=O)OCC1c2ccccc2-c2ccccc21)C1(C(=O)O)CCC1. The molecule has 0 saturated heterocycles. The topological polar surface area (TPSA) is 95.9 Å². The number of hydrogen-bond acceptors (Lipinski definition) is 4. The van der Waals surface area contributed by atoms with Gasteiger partial charge in [-0.05, 0) is 53.9 Å². The molecular formula is C26H28N2O5. The predicted molar refractivity (Wildman–Crippen MR) is 122 cm³/mol. The zero-order valence-corrected chi connectivity index (χ0v) is 18.6. The van der Waals surface area contributed by atoms with Crippen LogP contribution in [-0.2, 0) is 14.3 Å². The number of aliphatic carboxylic acids is 1. The van der Waals surface area contributed by atoms with Crippen LogP contribution >= 0.6 is 0 Å². The molecule has 0 aliphatic heterocycles. The Bertz CT molecular complexity index is 1060. The monoisotopic (exact) mass is 448 g/mol. The molecule has 2 aromatic rings. The van der Waals surface area contributed by atoms with E-state index in [9.17, 15) is 19.5 Å². The van der Waals surface area contributed by atoms with Crippen molar-refractivity contribution in [3.8, 4) is 11.1 Å². The van der Waals surface area contributed by atoms with Crippen molar-refractivity contribution in [2.24, 2.45) is 11.8 Å². The summed E-state index contributed by atoms with van der Waals surface area (Å²) >= 11 is 0. The summed E-state index contributed by atoms with van der Waals surface area (Å²) in [5, 5.41) is 12.3. The molecule has 0 spiro atoms. The molecule has 2 amide bonds. The number of carboxylic acid groups (broad SMARTS) is 1. The van der Waals surface area contributed by atoms with Crippen LogP contribution in [-0.4, -0.2) is 53.7 Å². The van der Waals surface area contributed by atoms with Crippen LogP contribution < -0.4 is 5.32 Å². The number of rotatable bonds is 7. The molecule has 2 aromatic carbocycles. The summed E-state index contributed by atoms with van der Waals surface area (Å²) < 4.78 is 5.55. The molecular weight excluding hydrogens is 420 g/mol. The van der Waals surface area contributed by atoms with E-state index in [2.05, 4.69) is 29.6 Å². The minimum Gasteiger partial charge on any atom is -0.479 e. The Kier molecular flexibility index (Phi) is 5.35. The molecule has 172 valence electrons. The molecule has 0 unspecified atom stereocenters. The first-order chi connectivity index (χ1) is 15.9. The number of fused-ring (bicyclic) bond motifs is 3. The third kappa shape index (κ3) is 3.65. The molecule has 33 heavy (non-hydrogen) atoms. The van der Waals surface area contributed by atoms with E-state index in [0.717, 1.165) is 17.5 Å². The lowest BCUT2D eigenvalue weighted by Gasteiger charge is -2.45. The molecule has 2 fully saturated rings. The average molecular weight is 449 g/mol. The van der Waals surface area contributed by atoms with E-state index in [1.807, 2.05) is 24.3 Å². The Morgan fingerprint density at radius 3 is 2.21 bits per heavy atom. The van der Waals surface area contributed by atoms with Gasteiger partial charge in [0.05, 0.1) is 0 Å². The number of amides is 2. The maximum Gasteiger partial charge on any atom is 0.407 e. The van der Waals surface area contributed by atoms with Gasteiger partial charge < -0.3 is 20.1 Å². The molecule has 3 aliphatic carbocycles.